The molecule has 1 aliphatic carbocycles. The van der Waals surface area contributed by atoms with Crippen LogP contribution in [-0.4, -0.2) is 0 Å². The highest BCUT2D eigenvalue weighted by Crippen LogP contribution is 2.51. The van der Waals surface area contributed by atoms with Gasteiger partial charge in [0.2, 0.25) is 0 Å². The fourth-order valence-electron chi connectivity index (χ4n) is 4.32. The van der Waals surface area contributed by atoms with Crippen LogP contribution < -0.4 is 0 Å². The zero-order valence-electron chi connectivity index (χ0n) is 17.4. The molecule has 5 rings (SSSR count). The van der Waals surface area contributed by atoms with Crippen molar-refractivity contribution in [3.05, 3.63) is 140 Å². The Labute approximate surface area is 249 Å². The van der Waals surface area contributed by atoms with Crippen molar-refractivity contribution in [2.75, 3.05) is 0 Å². The average Bonchev–Trinajstić information content (AvgIpc) is 3.21. The fourth-order valence-corrected chi connectivity index (χ4v) is 5.76. The molecule has 0 saturated heterocycles. The van der Waals surface area contributed by atoms with E-state index in [1.165, 1.54) is 53.3 Å². The quantitative estimate of drug-likeness (QED) is 0.179. The van der Waals surface area contributed by atoms with E-state index in [9.17, 15) is 0 Å². The van der Waals surface area contributed by atoms with Gasteiger partial charge in [0.1, 0.15) is 0 Å². The molecule has 1 unspecified atom stereocenters. The molecule has 4 aromatic carbocycles. The van der Waals surface area contributed by atoms with Crippen molar-refractivity contribution in [3.8, 4) is 0 Å². The topological polar surface area (TPSA) is 0 Å². The van der Waals surface area contributed by atoms with Gasteiger partial charge >= 0.3 is 0 Å². The lowest BCUT2D eigenvalue weighted by atomic mass is 9.85. The van der Waals surface area contributed by atoms with E-state index in [2.05, 4.69) is 194 Å². The van der Waals surface area contributed by atoms with E-state index in [4.69, 9.17) is 0 Å². The first-order valence-corrected chi connectivity index (χ1v) is 14.8. The van der Waals surface area contributed by atoms with Gasteiger partial charge in [-0.2, -0.15) is 0 Å². The van der Waals surface area contributed by atoms with Crippen LogP contribution in [0.5, 0.6) is 0 Å². The predicted molar refractivity (Wildman–Crippen MR) is 174 cm³/mol. The number of rotatable bonds is 4. The van der Waals surface area contributed by atoms with Gasteiger partial charge in [0.25, 0.3) is 0 Å². The first-order chi connectivity index (χ1) is 16.0. The van der Waals surface area contributed by atoms with Crippen LogP contribution in [0, 0.1) is 14.3 Å². The molecule has 0 spiro atoms. The maximum atomic E-state index is 2.46. The van der Waals surface area contributed by atoms with E-state index < -0.39 is 0 Å². The molecule has 1 atom stereocenters. The lowest BCUT2D eigenvalue weighted by molar-refractivity contribution is 1.12. The van der Waals surface area contributed by atoms with Crippen molar-refractivity contribution < 1.29 is 0 Å². The average molecular weight is 874 g/mol. The summed E-state index contributed by atoms with van der Waals surface area (Å²) >= 11 is 9.53. The Hall–Kier alpha value is -0.720. The Morgan fingerprint density at radius 2 is 0.818 bits per heavy atom. The largest absolute Gasteiger partial charge is 0.0641 e. The lowest BCUT2D eigenvalue weighted by Gasteiger charge is -2.18. The Kier molecular flexibility index (Phi) is 7.63. The highest BCUT2D eigenvalue weighted by molar-refractivity contribution is 14.1. The summed E-state index contributed by atoms with van der Waals surface area (Å²) in [5.74, 6) is 0.200. The molecule has 0 fully saturated rings. The second-order valence-corrected chi connectivity index (χ2v) is 12.9. The Balaban J connectivity index is 1.80. The minimum atomic E-state index is 0.200. The second-order valence-electron chi connectivity index (χ2n) is 7.92. The Morgan fingerprint density at radius 3 is 1.30 bits per heavy atom. The summed E-state index contributed by atoms with van der Waals surface area (Å²) in [5, 5.41) is 0. The number of hydrogen-bond acceptors (Lipinski definition) is 0. The van der Waals surface area contributed by atoms with Crippen LogP contribution in [0.25, 0.3) is 16.7 Å². The number of hydrogen-bond donors (Lipinski definition) is 0. The molecule has 1 aliphatic rings. The molecule has 0 radical (unpaired) electrons. The predicted octanol–water partition coefficient (Wildman–Crippen LogP) is 9.90. The van der Waals surface area contributed by atoms with Crippen molar-refractivity contribution in [1.29, 1.82) is 0 Å². The minimum Gasteiger partial charge on any atom is -0.0641 e. The van der Waals surface area contributed by atoms with Crippen molar-refractivity contribution in [2.24, 2.45) is 0 Å². The van der Waals surface area contributed by atoms with Gasteiger partial charge in [0, 0.05) is 20.2 Å². The van der Waals surface area contributed by atoms with E-state index in [-0.39, 0.29) is 5.92 Å². The van der Waals surface area contributed by atoms with Gasteiger partial charge in [-0.25, -0.2) is 0 Å². The van der Waals surface area contributed by atoms with Crippen LogP contribution in [0.2, 0.25) is 0 Å². The van der Waals surface area contributed by atoms with Gasteiger partial charge in [-0.1, -0.05) is 54.6 Å². The van der Waals surface area contributed by atoms with E-state index >= 15 is 0 Å². The normalized spacial score (nSPS) is 15.6. The molecule has 0 aromatic heterocycles. The van der Waals surface area contributed by atoms with Crippen molar-refractivity contribution in [2.45, 2.75) is 5.92 Å². The molecule has 0 saturated carbocycles. The SMILES string of the molecule is Ic1ccc(C2=CC(c3ccc(I)cc3)C(c3ccc(I)cc3)=C2c2ccc(I)cc2)cc1. The fraction of sp³-hybridized carbons (Fsp3) is 0.0345. The van der Waals surface area contributed by atoms with E-state index in [1.807, 2.05) is 0 Å². The first kappa shape index (κ1) is 24.0. The van der Waals surface area contributed by atoms with Gasteiger partial charge in [-0.3, -0.25) is 0 Å². The van der Waals surface area contributed by atoms with Gasteiger partial charge in [-0.15, -0.1) is 0 Å². The van der Waals surface area contributed by atoms with Gasteiger partial charge in [0.05, 0.1) is 0 Å². The van der Waals surface area contributed by atoms with Crippen molar-refractivity contribution in [1.82, 2.24) is 0 Å². The number of benzene rings is 4. The first-order valence-electron chi connectivity index (χ1n) is 10.5. The summed E-state index contributed by atoms with van der Waals surface area (Å²) in [6, 6.07) is 35.8. The Bertz CT molecular complexity index is 1350. The molecule has 162 valence electrons. The van der Waals surface area contributed by atoms with E-state index in [0.717, 1.165) is 0 Å². The minimum absolute atomic E-state index is 0.200. The van der Waals surface area contributed by atoms with Crippen LogP contribution in [0.1, 0.15) is 28.2 Å². The highest BCUT2D eigenvalue weighted by atomic mass is 127. The molecule has 0 nitrogen and oxygen atoms in total. The molecule has 33 heavy (non-hydrogen) atoms. The summed E-state index contributed by atoms with van der Waals surface area (Å²) in [5.41, 5.74) is 9.16. The molecular weight excluding hydrogens is 856 g/mol. The zero-order valence-corrected chi connectivity index (χ0v) is 26.0. The second kappa shape index (κ2) is 10.5. The summed E-state index contributed by atoms with van der Waals surface area (Å²) < 4.78 is 5.01. The van der Waals surface area contributed by atoms with Gasteiger partial charge < -0.3 is 0 Å². The summed E-state index contributed by atoms with van der Waals surface area (Å²) in [6.45, 7) is 0. The zero-order chi connectivity index (χ0) is 22.9. The summed E-state index contributed by atoms with van der Waals surface area (Å²) in [7, 11) is 0. The third-order valence-corrected chi connectivity index (χ3v) is 8.73. The molecular formula is C29H18I4. The third kappa shape index (κ3) is 5.28. The standard InChI is InChI=1S/C29H18I4/c30-22-9-1-18(2-10-22)26-17-27(19-3-11-23(31)12-4-19)29(21-7-15-25(33)16-8-21)28(26)20-5-13-24(32)14-6-20/h1-17,26H. The summed E-state index contributed by atoms with van der Waals surface area (Å²) in [4.78, 5) is 0. The third-order valence-electron chi connectivity index (χ3n) is 5.86. The van der Waals surface area contributed by atoms with Crippen LogP contribution in [0.15, 0.2) is 103 Å². The Morgan fingerprint density at radius 1 is 0.424 bits per heavy atom. The van der Waals surface area contributed by atoms with Crippen LogP contribution >= 0.6 is 90.4 Å². The van der Waals surface area contributed by atoms with Crippen molar-refractivity contribution >= 4 is 107 Å². The van der Waals surface area contributed by atoms with Crippen molar-refractivity contribution in [3.63, 3.8) is 0 Å². The molecule has 0 bridgehead atoms. The lowest BCUT2D eigenvalue weighted by Crippen LogP contribution is -1.99. The van der Waals surface area contributed by atoms with Crippen LogP contribution in [0.4, 0.5) is 0 Å². The van der Waals surface area contributed by atoms with E-state index in [1.54, 1.807) is 0 Å². The van der Waals surface area contributed by atoms with Crippen LogP contribution in [0.3, 0.4) is 0 Å². The molecule has 0 amide bonds. The van der Waals surface area contributed by atoms with Gasteiger partial charge in [0.15, 0.2) is 0 Å². The summed E-state index contributed by atoms with van der Waals surface area (Å²) in [6.07, 6.45) is 2.46. The molecule has 0 N–H and O–H groups in total. The molecule has 0 aliphatic heterocycles. The number of halogens is 4. The molecule has 4 heteroatoms. The number of allylic oxidation sites excluding steroid dienone is 4. The molecule has 4 aromatic rings. The van der Waals surface area contributed by atoms with Crippen LogP contribution in [-0.2, 0) is 0 Å². The smallest absolute Gasteiger partial charge is 0.0291 e. The highest BCUT2D eigenvalue weighted by Gasteiger charge is 2.30. The maximum absolute atomic E-state index is 2.46. The maximum Gasteiger partial charge on any atom is 0.0291 e. The van der Waals surface area contributed by atoms with E-state index in [0.29, 0.717) is 0 Å². The molecule has 0 heterocycles. The monoisotopic (exact) mass is 874 g/mol. The van der Waals surface area contributed by atoms with Gasteiger partial charge in [-0.05, 0) is 178 Å².